The minimum Gasteiger partial charge on any atom is -0.459 e. The summed E-state index contributed by atoms with van der Waals surface area (Å²) in [4.78, 5) is 21.7. The van der Waals surface area contributed by atoms with E-state index in [0.29, 0.717) is 5.56 Å². The number of hydrogen-bond donors (Lipinski definition) is 0. The van der Waals surface area contributed by atoms with Crippen LogP contribution in [0.15, 0.2) is 60.8 Å². The lowest BCUT2D eigenvalue weighted by Crippen LogP contribution is -2.46. The van der Waals surface area contributed by atoms with Gasteiger partial charge in [-0.2, -0.15) is 0 Å². The lowest BCUT2D eigenvalue weighted by Gasteiger charge is -2.36. The van der Waals surface area contributed by atoms with E-state index in [1.54, 1.807) is 12.3 Å². The van der Waals surface area contributed by atoms with Gasteiger partial charge in [0.2, 0.25) is 0 Å². The van der Waals surface area contributed by atoms with Crippen LogP contribution in [0.1, 0.15) is 40.9 Å². The van der Waals surface area contributed by atoms with Crippen molar-refractivity contribution in [1.29, 1.82) is 0 Å². The van der Waals surface area contributed by atoms with Crippen LogP contribution in [-0.4, -0.2) is 48.1 Å². The molecular formula is C27H29N3O2. The zero-order chi connectivity index (χ0) is 22.1. The van der Waals surface area contributed by atoms with E-state index in [2.05, 4.69) is 57.2 Å². The number of carbonyl (C=O) groups excluding carboxylic acids is 1. The molecular weight excluding hydrogens is 398 g/mol. The highest BCUT2D eigenvalue weighted by atomic mass is 16.5. The van der Waals surface area contributed by atoms with Gasteiger partial charge in [-0.15, -0.1) is 0 Å². The van der Waals surface area contributed by atoms with Crippen LogP contribution in [0.4, 0.5) is 5.82 Å². The van der Waals surface area contributed by atoms with Crippen molar-refractivity contribution < 1.29 is 9.53 Å². The van der Waals surface area contributed by atoms with Crippen LogP contribution < -0.4 is 4.90 Å². The van der Waals surface area contributed by atoms with Crippen molar-refractivity contribution in [3.05, 3.63) is 83.0 Å². The van der Waals surface area contributed by atoms with Crippen molar-refractivity contribution in [3.63, 3.8) is 0 Å². The fourth-order valence-electron chi connectivity index (χ4n) is 4.76. The fourth-order valence-corrected chi connectivity index (χ4v) is 4.76. The normalized spacial score (nSPS) is 15.5. The Morgan fingerprint density at radius 3 is 2.56 bits per heavy atom. The maximum atomic E-state index is 12.5. The van der Waals surface area contributed by atoms with E-state index >= 15 is 0 Å². The summed E-state index contributed by atoms with van der Waals surface area (Å²) in [6.07, 6.45) is 2.63. The summed E-state index contributed by atoms with van der Waals surface area (Å²) < 4.78 is 5.41. The van der Waals surface area contributed by atoms with Gasteiger partial charge in [0.1, 0.15) is 11.4 Å². The Morgan fingerprint density at radius 2 is 1.75 bits per heavy atom. The summed E-state index contributed by atoms with van der Waals surface area (Å²) in [6.45, 7) is 8.24. The van der Waals surface area contributed by atoms with Gasteiger partial charge < -0.3 is 9.64 Å². The maximum Gasteiger partial charge on any atom is 0.342 e. The van der Waals surface area contributed by atoms with Crippen molar-refractivity contribution in [1.82, 2.24) is 9.88 Å². The predicted molar refractivity (Wildman–Crippen MR) is 127 cm³/mol. The molecule has 5 heteroatoms. The second-order valence-corrected chi connectivity index (χ2v) is 8.92. The molecule has 5 rings (SSSR count). The molecule has 0 spiro atoms. The number of benzene rings is 2. The Bertz CT molecular complexity index is 1130. The van der Waals surface area contributed by atoms with E-state index in [1.807, 2.05) is 19.9 Å². The van der Waals surface area contributed by atoms with E-state index in [4.69, 9.17) is 4.74 Å². The van der Waals surface area contributed by atoms with Crippen LogP contribution in [0.25, 0.3) is 11.1 Å². The summed E-state index contributed by atoms with van der Waals surface area (Å²) in [5.41, 5.74) is 7.53. The summed E-state index contributed by atoms with van der Waals surface area (Å²) in [7, 11) is 0. The van der Waals surface area contributed by atoms with E-state index in [0.717, 1.165) is 45.0 Å². The van der Waals surface area contributed by atoms with E-state index in [1.165, 1.54) is 27.8 Å². The second kappa shape index (κ2) is 8.75. The zero-order valence-electron chi connectivity index (χ0n) is 18.8. The molecule has 0 bridgehead atoms. The summed E-state index contributed by atoms with van der Waals surface area (Å²) >= 11 is 0. The monoisotopic (exact) mass is 427 g/mol. The second-order valence-electron chi connectivity index (χ2n) is 8.92. The molecule has 1 aromatic heterocycles. The van der Waals surface area contributed by atoms with Gasteiger partial charge in [0, 0.05) is 38.9 Å². The molecule has 2 aliphatic rings. The summed E-state index contributed by atoms with van der Waals surface area (Å²) in [5.74, 6) is 0.428. The van der Waals surface area contributed by atoms with Crippen LogP contribution >= 0.6 is 0 Å². The quantitative estimate of drug-likeness (QED) is 0.438. The summed E-state index contributed by atoms with van der Waals surface area (Å²) in [6, 6.07) is 19.2. The number of aromatic nitrogens is 1. The van der Waals surface area contributed by atoms with Crippen molar-refractivity contribution in [2.45, 2.75) is 32.9 Å². The lowest BCUT2D eigenvalue weighted by atomic mass is 10.0. The van der Waals surface area contributed by atoms with E-state index < -0.39 is 0 Å². The number of ether oxygens (including phenoxy) is 1. The largest absolute Gasteiger partial charge is 0.459 e. The molecule has 5 nitrogen and oxygen atoms in total. The van der Waals surface area contributed by atoms with Gasteiger partial charge in [0.05, 0.1) is 6.10 Å². The number of esters is 1. The van der Waals surface area contributed by atoms with Crippen LogP contribution in [0, 0.1) is 0 Å². The zero-order valence-corrected chi connectivity index (χ0v) is 18.8. The van der Waals surface area contributed by atoms with Crippen LogP contribution in [0.3, 0.4) is 0 Å². The Kier molecular flexibility index (Phi) is 5.66. The molecule has 0 amide bonds. The molecule has 0 radical (unpaired) electrons. The van der Waals surface area contributed by atoms with E-state index in [-0.39, 0.29) is 12.1 Å². The highest BCUT2D eigenvalue weighted by Crippen LogP contribution is 2.36. The number of fused-ring (bicyclic) bond motifs is 3. The fraction of sp³-hybridized carbons (Fsp3) is 0.333. The minimum atomic E-state index is -0.301. The molecule has 1 aliphatic carbocycles. The lowest BCUT2D eigenvalue weighted by molar-refractivity contribution is 0.0378. The molecule has 3 aromatic rings. The number of anilines is 1. The standard InChI is InChI=1S/C27H29N3O2/c1-19(2)32-27(31)25-8-5-11-28-26(25)30-14-12-29(13-15-30)18-20-9-10-24-22(16-20)17-21-6-3-4-7-23(21)24/h3-11,16,19H,12-15,17-18H2,1-2H3. The highest BCUT2D eigenvalue weighted by molar-refractivity contribution is 5.94. The van der Waals surface area contributed by atoms with Crippen LogP contribution in [0.2, 0.25) is 0 Å². The molecule has 1 aliphatic heterocycles. The first-order chi connectivity index (χ1) is 15.6. The number of hydrogen-bond acceptors (Lipinski definition) is 5. The Hall–Kier alpha value is -3.18. The molecule has 0 unspecified atom stereocenters. The minimum absolute atomic E-state index is 0.146. The van der Waals surface area contributed by atoms with E-state index in [9.17, 15) is 4.79 Å². The predicted octanol–water partition coefficient (Wildman–Crippen LogP) is 4.54. The Balaban J connectivity index is 1.23. The maximum absolute atomic E-state index is 12.5. The van der Waals surface area contributed by atoms with Gasteiger partial charge in [0.25, 0.3) is 0 Å². The highest BCUT2D eigenvalue weighted by Gasteiger charge is 2.24. The SMILES string of the molecule is CC(C)OC(=O)c1cccnc1N1CCN(Cc2ccc3c(c2)Cc2ccccc2-3)CC1. The first-order valence-corrected chi connectivity index (χ1v) is 11.4. The number of nitrogens with zero attached hydrogens (tertiary/aromatic N) is 3. The van der Waals surface area contributed by atoms with Crippen LogP contribution in [-0.2, 0) is 17.7 Å². The van der Waals surface area contributed by atoms with Crippen molar-refractivity contribution in [2.75, 3.05) is 31.1 Å². The number of piperazine rings is 1. The smallest absolute Gasteiger partial charge is 0.342 e. The average molecular weight is 428 g/mol. The molecule has 2 aromatic carbocycles. The van der Waals surface area contributed by atoms with Crippen molar-refractivity contribution in [3.8, 4) is 11.1 Å². The number of carbonyl (C=O) groups is 1. The summed E-state index contributed by atoms with van der Waals surface area (Å²) in [5, 5.41) is 0. The first-order valence-electron chi connectivity index (χ1n) is 11.4. The molecule has 1 fully saturated rings. The van der Waals surface area contributed by atoms with Crippen LogP contribution in [0.5, 0.6) is 0 Å². The van der Waals surface area contributed by atoms with Crippen molar-refractivity contribution >= 4 is 11.8 Å². The van der Waals surface area contributed by atoms with Gasteiger partial charge in [-0.1, -0.05) is 42.5 Å². The first kappa shape index (κ1) is 20.7. The third-order valence-electron chi connectivity index (χ3n) is 6.29. The molecule has 2 heterocycles. The molecule has 32 heavy (non-hydrogen) atoms. The third kappa shape index (κ3) is 4.13. The van der Waals surface area contributed by atoms with Gasteiger partial charge in [-0.25, -0.2) is 9.78 Å². The molecule has 0 N–H and O–H groups in total. The Morgan fingerprint density at radius 1 is 0.969 bits per heavy atom. The van der Waals surface area contributed by atoms with Gasteiger partial charge >= 0.3 is 5.97 Å². The number of rotatable bonds is 5. The van der Waals surface area contributed by atoms with Gasteiger partial charge in [-0.3, -0.25) is 4.90 Å². The molecule has 0 atom stereocenters. The molecule has 1 saturated heterocycles. The number of pyridine rings is 1. The Labute approximate surface area is 189 Å². The van der Waals surface area contributed by atoms with Crippen molar-refractivity contribution in [2.24, 2.45) is 0 Å². The topological polar surface area (TPSA) is 45.7 Å². The third-order valence-corrected chi connectivity index (χ3v) is 6.29. The molecule has 164 valence electrons. The average Bonchev–Trinajstić information content (AvgIpc) is 3.17. The van der Waals surface area contributed by atoms with Gasteiger partial charge in [0.15, 0.2) is 0 Å². The van der Waals surface area contributed by atoms with Gasteiger partial charge in [-0.05, 0) is 60.2 Å². The molecule has 0 saturated carbocycles.